The first-order valence-electron chi connectivity index (χ1n) is 7.05. The summed E-state index contributed by atoms with van der Waals surface area (Å²) in [7, 11) is 0. The first-order valence-corrected chi connectivity index (χ1v) is 7.05. The maximum atomic E-state index is 12.3. The van der Waals surface area contributed by atoms with Gasteiger partial charge in [0.25, 0.3) is 0 Å². The average molecular weight is 273 g/mol. The monoisotopic (exact) mass is 273 g/mol. The van der Waals surface area contributed by atoms with Crippen LogP contribution >= 0.6 is 0 Å². The highest BCUT2D eigenvalue weighted by molar-refractivity contribution is 5.81. The summed E-state index contributed by atoms with van der Waals surface area (Å²) in [6.07, 6.45) is 1.91. The number of amides is 2. The van der Waals surface area contributed by atoms with Crippen molar-refractivity contribution in [2.75, 3.05) is 25.4 Å². The van der Waals surface area contributed by atoms with Crippen LogP contribution in [0.1, 0.15) is 18.4 Å². The van der Waals surface area contributed by atoms with Gasteiger partial charge >= 0.3 is 0 Å². The van der Waals surface area contributed by atoms with E-state index in [0.717, 1.165) is 12.0 Å². The summed E-state index contributed by atoms with van der Waals surface area (Å²) in [4.78, 5) is 27.7. The van der Waals surface area contributed by atoms with E-state index in [9.17, 15) is 9.59 Å². The number of piperazine rings is 1. The zero-order valence-corrected chi connectivity index (χ0v) is 11.4. The lowest BCUT2D eigenvalue weighted by Crippen LogP contribution is -2.53. The Bertz CT molecular complexity index is 526. The zero-order valence-electron chi connectivity index (χ0n) is 11.4. The van der Waals surface area contributed by atoms with E-state index < -0.39 is 0 Å². The summed E-state index contributed by atoms with van der Waals surface area (Å²) < 4.78 is 0. The van der Waals surface area contributed by atoms with Crippen LogP contribution in [-0.2, 0) is 16.0 Å². The molecule has 2 fully saturated rings. The Morgan fingerprint density at radius 1 is 1.25 bits per heavy atom. The number of hydrogen-bond acceptors (Lipinski definition) is 3. The van der Waals surface area contributed by atoms with E-state index in [1.54, 1.807) is 0 Å². The fourth-order valence-corrected chi connectivity index (χ4v) is 3.01. The normalized spacial score (nSPS) is 22.0. The van der Waals surface area contributed by atoms with Crippen LogP contribution in [-0.4, -0.2) is 47.3 Å². The topological polar surface area (TPSA) is 66.6 Å². The number of hydrogen-bond donors (Lipinski definition) is 1. The molecule has 0 radical (unpaired) electrons. The third kappa shape index (κ3) is 2.48. The Labute approximate surface area is 118 Å². The van der Waals surface area contributed by atoms with Crippen LogP contribution in [0.15, 0.2) is 24.3 Å². The second kappa shape index (κ2) is 5.15. The van der Waals surface area contributed by atoms with Gasteiger partial charge in [-0.1, -0.05) is 12.1 Å². The molecule has 2 aliphatic heterocycles. The summed E-state index contributed by atoms with van der Waals surface area (Å²) >= 11 is 0. The van der Waals surface area contributed by atoms with Gasteiger partial charge in [0.05, 0.1) is 6.42 Å². The van der Waals surface area contributed by atoms with E-state index in [1.807, 2.05) is 34.1 Å². The van der Waals surface area contributed by atoms with Crippen molar-refractivity contribution in [2.45, 2.75) is 25.3 Å². The molecule has 0 aromatic heterocycles. The highest BCUT2D eigenvalue weighted by Gasteiger charge is 2.36. The predicted octanol–water partition coefficient (Wildman–Crippen LogP) is 0.644. The van der Waals surface area contributed by atoms with Crippen LogP contribution < -0.4 is 5.73 Å². The Balaban J connectivity index is 1.61. The van der Waals surface area contributed by atoms with Crippen molar-refractivity contribution < 1.29 is 9.59 Å². The molecule has 0 bridgehead atoms. The number of carbonyl (C=O) groups is 2. The van der Waals surface area contributed by atoms with Gasteiger partial charge in [-0.15, -0.1) is 0 Å². The molecule has 1 aromatic carbocycles. The van der Waals surface area contributed by atoms with Gasteiger partial charge in [0, 0.05) is 37.8 Å². The van der Waals surface area contributed by atoms with Gasteiger partial charge in [-0.25, -0.2) is 0 Å². The third-order valence-corrected chi connectivity index (χ3v) is 4.18. The fourth-order valence-electron chi connectivity index (χ4n) is 3.01. The van der Waals surface area contributed by atoms with Gasteiger partial charge in [-0.3, -0.25) is 9.59 Å². The largest absolute Gasteiger partial charge is 0.399 e. The average Bonchev–Trinajstić information content (AvgIpc) is 2.82. The van der Waals surface area contributed by atoms with Gasteiger partial charge in [0.2, 0.25) is 11.8 Å². The van der Waals surface area contributed by atoms with Gasteiger partial charge in [-0.05, 0) is 24.1 Å². The van der Waals surface area contributed by atoms with Crippen molar-refractivity contribution in [3.63, 3.8) is 0 Å². The summed E-state index contributed by atoms with van der Waals surface area (Å²) in [5.41, 5.74) is 7.33. The first kappa shape index (κ1) is 13.0. The Kier molecular flexibility index (Phi) is 3.34. The lowest BCUT2D eigenvalue weighted by atomic mass is 10.1. The van der Waals surface area contributed by atoms with Crippen LogP contribution in [0, 0.1) is 0 Å². The molecule has 5 heteroatoms. The number of rotatable bonds is 2. The molecule has 106 valence electrons. The van der Waals surface area contributed by atoms with Crippen molar-refractivity contribution >= 4 is 17.5 Å². The lowest BCUT2D eigenvalue weighted by molar-refractivity contribution is -0.138. The van der Waals surface area contributed by atoms with Gasteiger partial charge in [0.15, 0.2) is 0 Å². The fraction of sp³-hybridized carbons (Fsp3) is 0.467. The van der Waals surface area contributed by atoms with Gasteiger partial charge < -0.3 is 15.5 Å². The predicted molar refractivity (Wildman–Crippen MR) is 75.9 cm³/mol. The molecule has 1 aromatic rings. The smallest absolute Gasteiger partial charge is 0.227 e. The molecule has 0 aliphatic carbocycles. The standard InChI is InChI=1S/C15H19N3O2/c16-12-3-1-11(2-4-12)9-15(20)17-7-8-18-13(10-17)5-6-14(18)19/h1-4,13H,5-10,16H2. The summed E-state index contributed by atoms with van der Waals surface area (Å²) in [5.74, 6) is 0.370. The second-order valence-electron chi connectivity index (χ2n) is 5.54. The number of fused-ring (bicyclic) bond motifs is 1. The highest BCUT2D eigenvalue weighted by Crippen LogP contribution is 2.23. The molecule has 2 saturated heterocycles. The van der Waals surface area contributed by atoms with E-state index in [-0.39, 0.29) is 17.9 Å². The molecular formula is C15H19N3O2. The highest BCUT2D eigenvalue weighted by atomic mass is 16.2. The minimum Gasteiger partial charge on any atom is -0.399 e. The number of nitrogens with two attached hydrogens (primary N) is 1. The maximum Gasteiger partial charge on any atom is 0.227 e. The summed E-state index contributed by atoms with van der Waals surface area (Å²) in [6, 6.07) is 7.64. The van der Waals surface area contributed by atoms with Crippen LogP contribution in [0.25, 0.3) is 0 Å². The zero-order chi connectivity index (χ0) is 14.1. The van der Waals surface area contributed by atoms with E-state index in [2.05, 4.69) is 0 Å². The van der Waals surface area contributed by atoms with E-state index >= 15 is 0 Å². The molecule has 1 unspecified atom stereocenters. The molecule has 3 rings (SSSR count). The lowest BCUT2D eigenvalue weighted by Gasteiger charge is -2.37. The summed E-state index contributed by atoms with van der Waals surface area (Å²) in [5, 5.41) is 0. The molecular weight excluding hydrogens is 254 g/mol. The molecule has 1 atom stereocenters. The van der Waals surface area contributed by atoms with Crippen molar-refractivity contribution in [3.05, 3.63) is 29.8 Å². The third-order valence-electron chi connectivity index (χ3n) is 4.18. The van der Waals surface area contributed by atoms with Crippen LogP contribution in [0.3, 0.4) is 0 Å². The van der Waals surface area contributed by atoms with Crippen LogP contribution in [0.2, 0.25) is 0 Å². The Hall–Kier alpha value is -2.04. The molecule has 2 N–H and O–H groups in total. The number of nitrogen functional groups attached to an aromatic ring is 1. The quantitative estimate of drug-likeness (QED) is 0.804. The minimum absolute atomic E-state index is 0.133. The number of carbonyl (C=O) groups excluding carboxylic acids is 2. The molecule has 0 saturated carbocycles. The number of anilines is 1. The Morgan fingerprint density at radius 3 is 2.75 bits per heavy atom. The molecule has 20 heavy (non-hydrogen) atoms. The molecule has 2 heterocycles. The number of benzene rings is 1. The van der Waals surface area contributed by atoms with Crippen LogP contribution in [0.4, 0.5) is 5.69 Å². The maximum absolute atomic E-state index is 12.3. The number of nitrogens with zero attached hydrogens (tertiary/aromatic N) is 2. The van der Waals surface area contributed by atoms with Crippen molar-refractivity contribution in [2.24, 2.45) is 0 Å². The SMILES string of the molecule is Nc1ccc(CC(=O)N2CCN3C(=O)CCC3C2)cc1. The van der Waals surface area contributed by atoms with E-state index in [0.29, 0.717) is 38.2 Å². The van der Waals surface area contributed by atoms with Crippen molar-refractivity contribution in [3.8, 4) is 0 Å². The van der Waals surface area contributed by atoms with Gasteiger partial charge in [-0.2, -0.15) is 0 Å². The molecule has 5 nitrogen and oxygen atoms in total. The molecule has 2 amide bonds. The van der Waals surface area contributed by atoms with Crippen LogP contribution in [0.5, 0.6) is 0 Å². The molecule has 2 aliphatic rings. The second-order valence-corrected chi connectivity index (χ2v) is 5.54. The summed E-state index contributed by atoms with van der Waals surface area (Å²) in [6.45, 7) is 2.01. The minimum atomic E-state index is 0.133. The van der Waals surface area contributed by atoms with E-state index in [4.69, 9.17) is 5.73 Å². The first-order chi connectivity index (χ1) is 9.63. The van der Waals surface area contributed by atoms with Crippen molar-refractivity contribution in [1.82, 2.24) is 9.80 Å². The van der Waals surface area contributed by atoms with E-state index in [1.165, 1.54) is 0 Å². The molecule has 0 spiro atoms. The van der Waals surface area contributed by atoms with Gasteiger partial charge in [0.1, 0.15) is 0 Å². The Morgan fingerprint density at radius 2 is 2.00 bits per heavy atom. The van der Waals surface area contributed by atoms with Crippen molar-refractivity contribution in [1.29, 1.82) is 0 Å².